The SMILES string of the molecule is CCCC.CCCCCCSN(C)C/C(C)=C/NC(C)c1cc(C(=O)O)ccn1.CCCc1ccccc1. The molecule has 1 heterocycles. The number of nitrogens with zero attached hydrogens (tertiary/aromatic N) is 2. The molecule has 214 valence electrons. The van der Waals surface area contributed by atoms with Crippen molar-refractivity contribution in [3.05, 3.63) is 77.3 Å². The molecular weight excluding hydrogens is 490 g/mol. The van der Waals surface area contributed by atoms with Crippen LogP contribution in [0.2, 0.25) is 0 Å². The number of aromatic carboxylic acids is 1. The highest BCUT2D eigenvalue weighted by molar-refractivity contribution is 7.96. The fraction of sp³-hybridized carbons (Fsp3) is 0.562. The summed E-state index contributed by atoms with van der Waals surface area (Å²) < 4.78 is 2.26. The van der Waals surface area contributed by atoms with Crippen LogP contribution in [-0.4, -0.2) is 39.7 Å². The van der Waals surface area contributed by atoms with Crippen molar-refractivity contribution in [1.29, 1.82) is 0 Å². The summed E-state index contributed by atoms with van der Waals surface area (Å²) in [6, 6.07) is 13.6. The third kappa shape index (κ3) is 18.9. The number of aromatic nitrogens is 1. The van der Waals surface area contributed by atoms with Crippen LogP contribution in [0.4, 0.5) is 0 Å². The quantitative estimate of drug-likeness (QED) is 0.173. The van der Waals surface area contributed by atoms with Crippen LogP contribution in [0, 0.1) is 0 Å². The summed E-state index contributed by atoms with van der Waals surface area (Å²) in [5.74, 6) is 0.236. The monoisotopic (exact) mass is 543 g/mol. The van der Waals surface area contributed by atoms with E-state index in [0.29, 0.717) is 0 Å². The highest BCUT2D eigenvalue weighted by Crippen LogP contribution is 2.14. The highest BCUT2D eigenvalue weighted by Gasteiger charge is 2.09. The van der Waals surface area contributed by atoms with Crippen LogP contribution in [0.5, 0.6) is 0 Å². The van der Waals surface area contributed by atoms with Crippen LogP contribution in [0.15, 0.2) is 60.4 Å². The predicted molar refractivity (Wildman–Crippen MR) is 167 cm³/mol. The predicted octanol–water partition coefficient (Wildman–Crippen LogP) is 8.94. The fourth-order valence-corrected chi connectivity index (χ4v) is 4.24. The van der Waals surface area contributed by atoms with Gasteiger partial charge in [0.05, 0.1) is 17.3 Å². The Morgan fingerprint density at radius 1 is 1.03 bits per heavy atom. The molecule has 2 aromatic rings. The molecule has 0 saturated heterocycles. The van der Waals surface area contributed by atoms with E-state index in [4.69, 9.17) is 5.11 Å². The van der Waals surface area contributed by atoms with E-state index >= 15 is 0 Å². The van der Waals surface area contributed by atoms with Crippen molar-refractivity contribution in [3.8, 4) is 0 Å². The van der Waals surface area contributed by atoms with Gasteiger partial charge in [-0.1, -0.05) is 108 Å². The summed E-state index contributed by atoms with van der Waals surface area (Å²) in [6.45, 7) is 13.8. The van der Waals surface area contributed by atoms with Gasteiger partial charge < -0.3 is 10.4 Å². The first-order valence-electron chi connectivity index (χ1n) is 14.3. The second kappa shape index (κ2) is 23.8. The van der Waals surface area contributed by atoms with Crippen LogP contribution in [0.3, 0.4) is 0 Å². The first-order valence-corrected chi connectivity index (χ1v) is 15.2. The van der Waals surface area contributed by atoms with Crippen LogP contribution in [0.1, 0.15) is 114 Å². The van der Waals surface area contributed by atoms with Crippen LogP contribution in [0.25, 0.3) is 0 Å². The molecule has 0 fully saturated rings. The Morgan fingerprint density at radius 2 is 1.71 bits per heavy atom. The molecule has 0 saturated carbocycles. The Bertz CT molecular complexity index is 872. The van der Waals surface area contributed by atoms with E-state index in [1.54, 1.807) is 6.07 Å². The maximum absolute atomic E-state index is 11.0. The lowest BCUT2D eigenvalue weighted by Gasteiger charge is -2.17. The second-order valence-electron chi connectivity index (χ2n) is 9.57. The van der Waals surface area contributed by atoms with Crippen LogP contribution in [-0.2, 0) is 6.42 Å². The number of rotatable bonds is 15. The minimum atomic E-state index is -0.930. The zero-order valence-corrected chi connectivity index (χ0v) is 25.8. The summed E-state index contributed by atoms with van der Waals surface area (Å²) in [7, 11) is 2.11. The molecule has 1 aromatic carbocycles. The number of hydrogen-bond acceptors (Lipinski definition) is 5. The van der Waals surface area contributed by atoms with Gasteiger partial charge in [0.2, 0.25) is 0 Å². The molecule has 0 amide bonds. The number of hydrogen-bond donors (Lipinski definition) is 2. The van der Waals surface area contributed by atoms with Gasteiger partial charge in [-0.3, -0.25) is 4.98 Å². The lowest BCUT2D eigenvalue weighted by Crippen LogP contribution is -2.18. The molecule has 0 aliphatic rings. The van der Waals surface area contributed by atoms with E-state index in [1.165, 1.54) is 80.5 Å². The van der Waals surface area contributed by atoms with E-state index in [2.05, 4.69) is 86.6 Å². The van der Waals surface area contributed by atoms with Crippen molar-refractivity contribution in [2.75, 3.05) is 19.3 Å². The molecule has 0 bridgehead atoms. The van der Waals surface area contributed by atoms with Crippen LogP contribution < -0.4 is 5.32 Å². The smallest absolute Gasteiger partial charge is 0.335 e. The Labute approximate surface area is 237 Å². The van der Waals surface area contributed by atoms with E-state index < -0.39 is 5.97 Å². The topological polar surface area (TPSA) is 65.5 Å². The normalized spacial score (nSPS) is 11.6. The van der Waals surface area contributed by atoms with Crippen molar-refractivity contribution < 1.29 is 9.90 Å². The Hall–Kier alpha value is -2.31. The number of aryl methyl sites for hydroxylation is 1. The molecule has 1 aromatic heterocycles. The van der Waals surface area contributed by atoms with Gasteiger partial charge in [0.1, 0.15) is 0 Å². The summed E-state index contributed by atoms with van der Waals surface area (Å²) in [4.78, 5) is 15.3. The molecular formula is C32H53N3O2S. The third-order valence-corrected chi connectivity index (χ3v) is 6.76. The van der Waals surface area contributed by atoms with Crippen molar-refractivity contribution in [3.63, 3.8) is 0 Å². The largest absolute Gasteiger partial charge is 0.478 e. The average molecular weight is 544 g/mol. The van der Waals surface area contributed by atoms with Crippen molar-refractivity contribution in [1.82, 2.24) is 14.6 Å². The van der Waals surface area contributed by atoms with Crippen molar-refractivity contribution in [2.24, 2.45) is 0 Å². The van der Waals surface area contributed by atoms with E-state index in [-0.39, 0.29) is 11.6 Å². The maximum atomic E-state index is 11.0. The number of benzene rings is 1. The minimum absolute atomic E-state index is 0.0405. The molecule has 0 spiro atoms. The Balaban J connectivity index is 0.000000859. The average Bonchev–Trinajstić information content (AvgIpc) is 2.93. The maximum Gasteiger partial charge on any atom is 0.335 e. The number of carboxylic acids is 1. The molecule has 2 rings (SSSR count). The molecule has 1 atom stereocenters. The van der Waals surface area contributed by atoms with Gasteiger partial charge in [-0.05, 0) is 63.2 Å². The van der Waals surface area contributed by atoms with Gasteiger partial charge in [0.15, 0.2) is 0 Å². The molecule has 6 heteroatoms. The number of carbonyl (C=O) groups is 1. The Kier molecular flexibility index (Phi) is 22.3. The number of likely N-dealkylation sites (N-methyl/N-ethyl adjacent to an activating group) is 1. The van der Waals surface area contributed by atoms with Gasteiger partial charge in [-0.25, -0.2) is 9.10 Å². The van der Waals surface area contributed by atoms with E-state index in [9.17, 15) is 4.79 Å². The van der Waals surface area contributed by atoms with Crippen molar-refractivity contribution >= 4 is 17.9 Å². The standard InChI is InChI=1S/C19H31N3O2S.C9H12.C4H10/c1-5-6-7-8-11-25-22(4)14-15(2)13-21-16(3)18-12-17(19(23)24)9-10-20-18;1-2-6-9-7-4-3-5-8-9;1-3-4-2/h9-10,12-13,16,21H,5-8,11,14H2,1-4H3,(H,23,24);3-5,7-8H,2,6H2,1H3;3-4H2,1-2H3/b15-13+;;. The zero-order valence-electron chi connectivity index (χ0n) is 25.0. The van der Waals surface area contributed by atoms with Crippen LogP contribution >= 0.6 is 11.9 Å². The first-order chi connectivity index (χ1) is 18.3. The van der Waals surface area contributed by atoms with Gasteiger partial charge >= 0.3 is 5.97 Å². The Morgan fingerprint density at radius 3 is 2.29 bits per heavy atom. The lowest BCUT2D eigenvalue weighted by molar-refractivity contribution is 0.0696. The summed E-state index contributed by atoms with van der Waals surface area (Å²) in [5, 5.41) is 12.4. The number of pyridine rings is 1. The van der Waals surface area contributed by atoms with Gasteiger partial charge in [0, 0.05) is 18.5 Å². The third-order valence-electron chi connectivity index (χ3n) is 5.71. The zero-order chi connectivity index (χ0) is 28.6. The molecule has 0 aliphatic heterocycles. The van der Waals surface area contributed by atoms with Gasteiger partial charge in [-0.2, -0.15) is 0 Å². The molecule has 0 aliphatic carbocycles. The van der Waals surface area contributed by atoms with Gasteiger partial charge in [0.25, 0.3) is 0 Å². The minimum Gasteiger partial charge on any atom is -0.478 e. The summed E-state index contributed by atoms with van der Waals surface area (Å²) >= 11 is 1.88. The highest BCUT2D eigenvalue weighted by atomic mass is 32.2. The summed E-state index contributed by atoms with van der Waals surface area (Å²) in [6.07, 6.45) is 13.8. The molecule has 5 nitrogen and oxygen atoms in total. The van der Waals surface area contributed by atoms with E-state index in [0.717, 1.165) is 12.2 Å². The first kappa shape index (κ1) is 35.7. The number of carboxylic acid groups (broad SMARTS) is 1. The molecule has 2 N–H and O–H groups in total. The fourth-order valence-electron chi connectivity index (χ4n) is 3.30. The lowest BCUT2D eigenvalue weighted by atomic mass is 10.1. The van der Waals surface area contributed by atoms with Gasteiger partial charge in [-0.15, -0.1) is 0 Å². The van der Waals surface area contributed by atoms with E-state index in [1.807, 2.05) is 25.1 Å². The number of unbranched alkanes of at least 4 members (excludes halogenated alkanes) is 4. The molecule has 1 unspecified atom stereocenters. The summed E-state index contributed by atoms with van der Waals surface area (Å²) in [5.41, 5.74) is 3.66. The number of nitrogens with one attached hydrogen (secondary N) is 1. The van der Waals surface area contributed by atoms with Crippen molar-refractivity contribution in [2.45, 2.75) is 99.0 Å². The second-order valence-corrected chi connectivity index (χ2v) is 10.9. The molecule has 38 heavy (non-hydrogen) atoms. The molecule has 0 radical (unpaired) electrons.